The average molecular weight is 565 g/mol. The van der Waals surface area contributed by atoms with Gasteiger partial charge in [-0.15, -0.1) is 0 Å². The third-order valence-electron chi connectivity index (χ3n) is 6.42. The fourth-order valence-corrected chi connectivity index (χ4v) is 4.65. The number of halogens is 3. The number of rotatable bonds is 10. The second-order valence-corrected chi connectivity index (χ2v) is 9.14. The Kier molecular flexibility index (Phi) is 7.54. The molecule has 0 atom stereocenters. The van der Waals surface area contributed by atoms with Crippen LogP contribution in [0.25, 0.3) is 21.8 Å². The van der Waals surface area contributed by atoms with Gasteiger partial charge in [-0.3, -0.25) is 4.79 Å². The van der Waals surface area contributed by atoms with Gasteiger partial charge in [0.05, 0.1) is 28.5 Å². The third kappa shape index (κ3) is 5.80. The number of fused-ring (bicyclic) bond motifs is 3. The Morgan fingerprint density at radius 1 is 0.854 bits per heavy atom. The minimum atomic E-state index is -4.77. The first-order valence-electron chi connectivity index (χ1n) is 12.4. The first-order valence-corrected chi connectivity index (χ1v) is 12.4. The van der Waals surface area contributed by atoms with E-state index < -0.39 is 36.0 Å². The molecule has 0 aliphatic carbocycles. The third-order valence-corrected chi connectivity index (χ3v) is 6.42. The molecule has 1 amide bonds. The molecule has 4 aromatic carbocycles. The summed E-state index contributed by atoms with van der Waals surface area (Å²) in [6, 6.07) is 22.9. The number of benzene rings is 4. The Hall–Kier alpha value is -5.03. The van der Waals surface area contributed by atoms with Crippen LogP contribution >= 0.6 is 0 Å². The normalized spacial score (nSPS) is 11.6. The molecule has 0 spiro atoms. The standard InChI is InChI=1S/C30H23F3N2O6/c31-30(32,33)20-13-23-28(25(14-20)41-40-17-26(36)37)27-21(29(34)38)10-6-11-22(27)35(23)15-19-9-4-5-12-24(19)39-16-18-7-2-1-3-8-18/h1-14H,15-17H2,(H2,34,38)(H,36,37). The van der Waals surface area contributed by atoms with Crippen LogP contribution in [0.5, 0.6) is 11.5 Å². The molecule has 5 aromatic rings. The van der Waals surface area contributed by atoms with Gasteiger partial charge in [0.15, 0.2) is 12.4 Å². The zero-order chi connectivity index (χ0) is 29.1. The van der Waals surface area contributed by atoms with E-state index in [2.05, 4.69) is 0 Å². The Morgan fingerprint density at radius 2 is 1.59 bits per heavy atom. The Balaban J connectivity index is 1.70. The number of nitrogens with zero attached hydrogens (tertiary/aromatic N) is 1. The number of carboxylic acid groups (broad SMARTS) is 1. The van der Waals surface area contributed by atoms with Gasteiger partial charge < -0.3 is 25.0 Å². The van der Waals surface area contributed by atoms with Gasteiger partial charge in [-0.1, -0.05) is 54.6 Å². The van der Waals surface area contributed by atoms with E-state index in [0.29, 0.717) is 22.9 Å². The maximum Gasteiger partial charge on any atom is 0.416 e. The molecule has 11 heteroatoms. The van der Waals surface area contributed by atoms with Gasteiger partial charge in [0.2, 0.25) is 5.91 Å². The molecular weight excluding hydrogens is 541 g/mol. The quantitative estimate of drug-likeness (QED) is 0.161. The summed E-state index contributed by atoms with van der Waals surface area (Å²) in [5.74, 6) is -2.09. The number of alkyl halides is 3. The van der Waals surface area contributed by atoms with Gasteiger partial charge in [0.25, 0.3) is 0 Å². The number of primary amides is 1. The maximum absolute atomic E-state index is 14.0. The van der Waals surface area contributed by atoms with Crippen molar-refractivity contribution in [1.82, 2.24) is 4.57 Å². The molecule has 0 unspecified atom stereocenters. The van der Waals surface area contributed by atoms with Gasteiger partial charge in [-0.25, -0.2) is 4.79 Å². The number of carboxylic acids is 1. The lowest BCUT2D eigenvalue weighted by Crippen LogP contribution is -2.12. The van der Waals surface area contributed by atoms with Crippen molar-refractivity contribution < 1.29 is 42.4 Å². The minimum Gasteiger partial charge on any atom is -0.489 e. The molecule has 8 nitrogen and oxygen atoms in total. The molecule has 0 saturated heterocycles. The Morgan fingerprint density at radius 3 is 2.29 bits per heavy atom. The van der Waals surface area contributed by atoms with Crippen LogP contribution in [0.2, 0.25) is 0 Å². The number of para-hydroxylation sites is 1. The average Bonchev–Trinajstić information content (AvgIpc) is 3.26. The SMILES string of the molecule is NC(=O)c1cccc2c1c1c(OOCC(=O)O)cc(C(F)(F)F)cc1n2Cc1ccccc1OCc1ccccc1. The predicted molar refractivity (Wildman–Crippen MR) is 143 cm³/mol. The fourth-order valence-electron chi connectivity index (χ4n) is 4.65. The number of carbonyl (C=O) groups is 2. The largest absolute Gasteiger partial charge is 0.489 e. The fraction of sp³-hybridized carbons (Fsp3) is 0.133. The highest BCUT2D eigenvalue weighted by atomic mass is 19.4. The number of ether oxygens (including phenoxy) is 1. The second kappa shape index (κ2) is 11.2. The molecule has 0 aliphatic rings. The van der Waals surface area contributed by atoms with E-state index in [4.69, 9.17) is 25.4 Å². The van der Waals surface area contributed by atoms with Crippen molar-refractivity contribution in [3.05, 3.63) is 107 Å². The van der Waals surface area contributed by atoms with E-state index in [1.54, 1.807) is 41.0 Å². The molecule has 41 heavy (non-hydrogen) atoms. The van der Waals surface area contributed by atoms with E-state index in [0.717, 1.165) is 11.6 Å². The molecule has 0 saturated carbocycles. The van der Waals surface area contributed by atoms with E-state index in [1.165, 1.54) is 6.07 Å². The number of amides is 1. The molecular formula is C30H23F3N2O6. The summed E-state index contributed by atoms with van der Waals surface area (Å²) in [5.41, 5.74) is 6.69. The number of carbonyl (C=O) groups excluding carboxylic acids is 1. The molecule has 0 aliphatic heterocycles. The van der Waals surface area contributed by atoms with Crippen LogP contribution in [-0.2, 0) is 29.0 Å². The van der Waals surface area contributed by atoms with Crippen LogP contribution in [0.4, 0.5) is 13.2 Å². The van der Waals surface area contributed by atoms with E-state index in [1.807, 2.05) is 30.3 Å². The van der Waals surface area contributed by atoms with Crippen LogP contribution in [0.1, 0.15) is 27.0 Å². The second-order valence-electron chi connectivity index (χ2n) is 9.14. The summed E-state index contributed by atoms with van der Waals surface area (Å²) in [4.78, 5) is 33.2. The van der Waals surface area contributed by atoms with Crippen molar-refractivity contribution in [2.24, 2.45) is 5.73 Å². The van der Waals surface area contributed by atoms with Gasteiger partial charge in [-0.2, -0.15) is 18.1 Å². The van der Waals surface area contributed by atoms with Crippen molar-refractivity contribution in [2.45, 2.75) is 19.3 Å². The molecule has 3 N–H and O–H groups in total. The van der Waals surface area contributed by atoms with Gasteiger partial charge >= 0.3 is 12.1 Å². The minimum absolute atomic E-state index is 0.0442. The lowest BCUT2D eigenvalue weighted by Gasteiger charge is -2.15. The Bertz CT molecular complexity index is 1750. The highest BCUT2D eigenvalue weighted by Gasteiger charge is 2.34. The maximum atomic E-state index is 14.0. The number of aliphatic carboxylic acids is 1. The molecule has 0 radical (unpaired) electrons. The Labute approximate surface area is 231 Å². The predicted octanol–water partition coefficient (Wildman–Crippen LogP) is 5.93. The molecule has 210 valence electrons. The summed E-state index contributed by atoms with van der Waals surface area (Å²) < 4.78 is 49.7. The summed E-state index contributed by atoms with van der Waals surface area (Å²) in [5, 5.41) is 9.27. The summed E-state index contributed by atoms with van der Waals surface area (Å²) in [6.07, 6.45) is -4.77. The monoisotopic (exact) mass is 564 g/mol. The topological polar surface area (TPSA) is 113 Å². The number of hydrogen-bond acceptors (Lipinski definition) is 5. The smallest absolute Gasteiger partial charge is 0.416 e. The first kappa shape index (κ1) is 27.5. The van der Waals surface area contributed by atoms with E-state index >= 15 is 0 Å². The highest BCUT2D eigenvalue weighted by molar-refractivity contribution is 6.19. The molecule has 5 rings (SSSR count). The molecule has 0 bridgehead atoms. The zero-order valence-electron chi connectivity index (χ0n) is 21.4. The summed E-state index contributed by atoms with van der Waals surface area (Å²) >= 11 is 0. The molecule has 0 fully saturated rings. The highest BCUT2D eigenvalue weighted by Crippen LogP contribution is 2.43. The van der Waals surface area contributed by atoms with E-state index in [-0.39, 0.29) is 35.0 Å². The number of hydrogen-bond donors (Lipinski definition) is 2. The number of nitrogens with two attached hydrogens (primary N) is 1. The van der Waals surface area contributed by atoms with Crippen molar-refractivity contribution >= 4 is 33.7 Å². The summed E-state index contributed by atoms with van der Waals surface area (Å²) in [6.45, 7) is -0.594. The van der Waals surface area contributed by atoms with Gasteiger partial charge in [0.1, 0.15) is 12.4 Å². The van der Waals surface area contributed by atoms with Crippen molar-refractivity contribution in [3.8, 4) is 11.5 Å². The molecule has 1 aromatic heterocycles. The van der Waals surface area contributed by atoms with E-state index in [9.17, 15) is 22.8 Å². The molecule has 1 heterocycles. The lowest BCUT2D eigenvalue weighted by molar-refractivity contribution is -0.213. The lowest BCUT2D eigenvalue weighted by atomic mass is 10.0. The van der Waals surface area contributed by atoms with Crippen LogP contribution in [0.3, 0.4) is 0 Å². The van der Waals surface area contributed by atoms with Gasteiger partial charge in [-0.05, 0) is 35.9 Å². The summed E-state index contributed by atoms with van der Waals surface area (Å²) in [7, 11) is 0. The van der Waals surface area contributed by atoms with Gasteiger partial charge in [0, 0.05) is 16.5 Å². The van der Waals surface area contributed by atoms with Crippen LogP contribution in [0.15, 0.2) is 84.9 Å². The first-order chi connectivity index (χ1) is 19.6. The van der Waals surface area contributed by atoms with Crippen LogP contribution in [-0.4, -0.2) is 28.2 Å². The number of aromatic nitrogens is 1. The van der Waals surface area contributed by atoms with Crippen molar-refractivity contribution in [1.29, 1.82) is 0 Å². The van der Waals surface area contributed by atoms with Crippen LogP contribution in [0, 0.1) is 0 Å². The zero-order valence-corrected chi connectivity index (χ0v) is 21.4. The van der Waals surface area contributed by atoms with Crippen molar-refractivity contribution in [2.75, 3.05) is 6.61 Å². The van der Waals surface area contributed by atoms with Crippen LogP contribution < -0.4 is 15.4 Å². The van der Waals surface area contributed by atoms with Crippen molar-refractivity contribution in [3.63, 3.8) is 0 Å².